The third kappa shape index (κ3) is 11.1. The predicted molar refractivity (Wildman–Crippen MR) is 124 cm³/mol. The van der Waals surface area contributed by atoms with Crippen molar-refractivity contribution < 1.29 is 22.9 Å². The molecule has 0 N–H and O–H groups in total. The monoisotopic (exact) mass is 446 g/mol. The molecule has 178 valence electrons. The fourth-order valence-corrected chi connectivity index (χ4v) is 6.32. The molecule has 3 aliphatic rings. The number of hydrogen-bond acceptors (Lipinski definition) is 4. The first kappa shape index (κ1) is 26.3. The highest BCUT2D eigenvalue weighted by Gasteiger charge is 2.48. The zero-order chi connectivity index (χ0) is 21.5. The van der Waals surface area contributed by atoms with Crippen molar-refractivity contribution in [1.29, 1.82) is 0 Å². The van der Waals surface area contributed by atoms with Crippen molar-refractivity contribution in [1.82, 2.24) is 0 Å². The number of unbranched alkanes of at least 4 members (excludes halogenated alkanes) is 15. The molecule has 0 aromatic carbocycles. The Morgan fingerprint density at radius 2 is 1.20 bits per heavy atom. The van der Waals surface area contributed by atoms with Gasteiger partial charge >= 0.3 is 7.82 Å². The summed E-state index contributed by atoms with van der Waals surface area (Å²) >= 11 is 0. The largest absolute Gasteiger partial charge is 0.521 e. The summed E-state index contributed by atoms with van der Waals surface area (Å²) in [4.78, 5) is 0. The Kier molecular flexibility index (Phi) is 13.2. The van der Waals surface area contributed by atoms with Crippen LogP contribution in [0.25, 0.3) is 0 Å². The lowest BCUT2D eigenvalue weighted by Gasteiger charge is -2.31. The van der Waals surface area contributed by atoms with Crippen LogP contribution in [0.4, 0.5) is 0 Å². The van der Waals surface area contributed by atoms with Crippen LogP contribution in [-0.4, -0.2) is 37.5 Å². The molecule has 0 aliphatic carbocycles. The standard InChI is InChI=1S/C24H49NO4P/c1-3-4-5-6-7-8-9-10-11-12-13-14-15-16-17-18-23-27-30(26)28-24-19-21-25(2,29-30)22-20-24/h24H,3-23H2,1-2H3/q+1. The molecule has 6 heteroatoms. The molecule has 3 heterocycles. The molecule has 1 unspecified atom stereocenters. The Balaban J connectivity index is 1.34. The highest BCUT2D eigenvalue weighted by atomic mass is 31.2. The molecule has 5 nitrogen and oxygen atoms in total. The fourth-order valence-electron chi connectivity index (χ4n) is 4.60. The Labute approximate surface area is 186 Å². The minimum absolute atomic E-state index is 0.0373. The third-order valence-electron chi connectivity index (χ3n) is 6.67. The first-order valence-corrected chi connectivity index (χ1v) is 14.5. The highest BCUT2D eigenvalue weighted by Crippen LogP contribution is 2.57. The molecule has 3 aliphatic heterocycles. The Morgan fingerprint density at radius 3 is 1.67 bits per heavy atom. The molecule has 3 rings (SSSR count). The number of phosphoric acid groups is 1. The molecule has 0 saturated carbocycles. The summed E-state index contributed by atoms with van der Waals surface area (Å²) in [5.74, 6) is 0. The van der Waals surface area contributed by atoms with Crippen LogP contribution in [0.15, 0.2) is 0 Å². The van der Waals surface area contributed by atoms with Crippen LogP contribution < -0.4 is 0 Å². The molecule has 0 radical (unpaired) electrons. The molecule has 0 spiro atoms. The maximum absolute atomic E-state index is 12.8. The Bertz CT molecular complexity index is 480. The summed E-state index contributed by atoms with van der Waals surface area (Å²) in [7, 11) is -1.41. The van der Waals surface area contributed by atoms with Gasteiger partial charge < -0.3 is 0 Å². The average molecular weight is 447 g/mol. The van der Waals surface area contributed by atoms with Gasteiger partial charge in [0.15, 0.2) is 0 Å². The van der Waals surface area contributed by atoms with Gasteiger partial charge in [-0.25, -0.2) is 4.57 Å². The Hall–Kier alpha value is 0.0700. The van der Waals surface area contributed by atoms with Gasteiger partial charge in [0.25, 0.3) is 0 Å². The van der Waals surface area contributed by atoms with Crippen molar-refractivity contribution in [2.75, 3.05) is 26.7 Å². The van der Waals surface area contributed by atoms with Crippen LogP contribution in [0.1, 0.15) is 122 Å². The van der Waals surface area contributed by atoms with Gasteiger partial charge in [0.1, 0.15) is 13.1 Å². The number of piperidine rings is 1. The van der Waals surface area contributed by atoms with E-state index in [2.05, 4.69) is 6.92 Å². The van der Waals surface area contributed by atoms with Crippen molar-refractivity contribution in [3.8, 4) is 0 Å². The molecule has 3 saturated heterocycles. The van der Waals surface area contributed by atoms with E-state index in [1.54, 1.807) is 0 Å². The van der Waals surface area contributed by atoms with Gasteiger partial charge in [-0.3, -0.25) is 9.05 Å². The number of rotatable bonds is 18. The van der Waals surface area contributed by atoms with E-state index in [4.69, 9.17) is 13.7 Å². The normalized spacial score (nSPS) is 28.7. The van der Waals surface area contributed by atoms with E-state index < -0.39 is 7.82 Å². The van der Waals surface area contributed by atoms with Gasteiger partial charge in [0.2, 0.25) is 0 Å². The summed E-state index contributed by atoms with van der Waals surface area (Å²) in [6.45, 7) is 4.47. The van der Waals surface area contributed by atoms with Crippen LogP contribution in [0.2, 0.25) is 0 Å². The summed E-state index contributed by atoms with van der Waals surface area (Å²) < 4.78 is 30.2. The molecule has 1 atom stereocenters. The van der Waals surface area contributed by atoms with E-state index in [-0.39, 0.29) is 6.10 Å². The number of hydrogen-bond donors (Lipinski definition) is 0. The molecular weight excluding hydrogens is 397 g/mol. The molecular formula is C24H49NO4P+. The van der Waals surface area contributed by atoms with E-state index in [1.165, 1.54) is 89.9 Å². The summed E-state index contributed by atoms with van der Waals surface area (Å²) in [6.07, 6.45) is 23.4. The first-order chi connectivity index (χ1) is 14.6. The first-order valence-electron chi connectivity index (χ1n) is 13.0. The van der Waals surface area contributed by atoms with Crippen LogP contribution >= 0.6 is 7.82 Å². The van der Waals surface area contributed by atoms with Gasteiger partial charge in [0, 0.05) is 12.8 Å². The van der Waals surface area contributed by atoms with Crippen LogP contribution in [0, 0.1) is 0 Å². The second-order valence-electron chi connectivity index (χ2n) is 9.71. The van der Waals surface area contributed by atoms with E-state index >= 15 is 0 Å². The number of hydroxylamine groups is 3. The van der Waals surface area contributed by atoms with Crippen molar-refractivity contribution in [2.24, 2.45) is 0 Å². The lowest BCUT2D eigenvalue weighted by Crippen LogP contribution is -2.47. The smallest absolute Gasteiger partial charge is 0.284 e. The quantitative estimate of drug-likeness (QED) is 0.122. The lowest BCUT2D eigenvalue weighted by atomic mass is 10.0. The average Bonchev–Trinajstić information content (AvgIpc) is 2.93. The zero-order valence-corrected chi connectivity index (χ0v) is 20.8. The second kappa shape index (κ2) is 15.0. The highest BCUT2D eigenvalue weighted by molar-refractivity contribution is 7.48. The summed E-state index contributed by atoms with van der Waals surface area (Å²) in [6, 6.07) is 0. The topological polar surface area (TPSA) is 44.8 Å². The predicted octanol–water partition coefficient (Wildman–Crippen LogP) is 7.94. The SMILES string of the molecule is CCCCCCCCCCCCCCCCCCOP1(=O)OC2CC[N+](C)(CC2)O1. The molecule has 0 aromatic rings. The maximum atomic E-state index is 12.8. The van der Waals surface area contributed by atoms with Crippen molar-refractivity contribution in [3.63, 3.8) is 0 Å². The minimum Gasteiger partial charge on any atom is -0.284 e. The molecule has 30 heavy (non-hydrogen) atoms. The molecule has 0 aromatic heterocycles. The van der Waals surface area contributed by atoms with Gasteiger partial charge in [-0.2, -0.15) is 4.65 Å². The maximum Gasteiger partial charge on any atom is 0.521 e. The number of phosphoric ester groups is 1. The minimum atomic E-state index is -3.39. The van der Waals surface area contributed by atoms with Crippen molar-refractivity contribution in [2.45, 2.75) is 129 Å². The van der Waals surface area contributed by atoms with Crippen LogP contribution in [-0.2, 0) is 18.2 Å². The number of quaternary nitrogens is 1. The van der Waals surface area contributed by atoms with E-state index in [1.807, 2.05) is 7.05 Å². The number of nitrogens with zero attached hydrogens (tertiary/aromatic N) is 1. The molecule has 2 bridgehead atoms. The van der Waals surface area contributed by atoms with Gasteiger partial charge in [-0.1, -0.05) is 108 Å². The van der Waals surface area contributed by atoms with Gasteiger partial charge in [0.05, 0.1) is 19.8 Å². The van der Waals surface area contributed by atoms with Gasteiger partial charge in [-0.15, -0.1) is 0 Å². The fraction of sp³-hybridized carbons (Fsp3) is 1.00. The molecule has 0 amide bonds. The van der Waals surface area contributed by atoms with E-state index in [0.29, 0.717) is 11.3 Å². The van der Waals surface area contributed by atoms with E-state index in [9.17, 15) is 4.57 Å². The summed E-state index contributed by atoms with van der Waals surface area (Å²) in [5.41, 5.74) is 0. The lowest BCUT2D eigenvalue weighted by molar-refractivity contribution is -1.07. The Morgan fingerprint density at radius 1 is 0.767 bits per heavy atom. The van der Waals surface area contributed by atoms with Crippen LogP contribution in [0.3, 0.4) is 0 Å². The van der Waals surface area contributed by atoms with Gasteiger partial charge in [-0.05, 0) is 6.42 Å². The van der Waals surface area contributed by atoms with Crippen molar-refractivity contribution >= 4 is 7.82 Å². The second-order valence-corrected chi connectivity index (χ2v) is 11.2. The zero-order valence-electron chi connectivity index (χ0n) is 20.0. The van der Waals surface area contributed by atoms with E-state index in [0.717, 1.165) is 38.8 Å². The van der Waals surface area contributed by atoms with Crippen LogP contribution in [0.5, 0.6) is 0 Å². The molecule has 3 fully saturated rings. The number of fused-ring (bicyclic) bond motifs is 4. The summed E-state index contributed by atoms with van der Waals surface area (Å²) in [5, 5.41) is 0. The van der Waals surface area contributed by atoms with Crippen molar-refractivity contribution in [3.05, 3.63) is 0 Å². The third-order valence-corrected chi connectivity index (χ3v) is 8.32.